The summed E-state index contributed by atoms with van der Waals surface area (Å²) >= 11 is 1.67. The highest BCUT2D eigenvalue weighted by Gasteiger charge is 2.11. The van der Waals surface area contributed by atoms with Gasteiger partial charge in [-0.2, -0.15) is 0 Å². The van der Waals surface area contributed by atoms with Crippen LogP contribution in [0.4, 0.5) is 0 Å². The van der Waals surface area contributed by atoms with Gasteiger partial charge in [-0.1, -0.05) is 36.4 Å². The third kappa shape index (κ3) is 9.00. The topological polar surface area (TPSA) is 70.6 Å². The van der Waals surface area contributed by atoms with Gasteiger partial charge in [-0.3, -0.25) is 0 Å². The maximum absolute atomic E-state index is 12.2. The summed E-state index contributed by atoms with van der Waals surface area (Å²) in [5.74, 6) is 0.982. The summed E-state index contributed by atoms with van der Waals surface area (Å²) in [7, 11) is -3.09. The Labute approximate surface area is 177 Å². The molecule has 0 saturated heterocycles. The van der Waals surface area contributed by atoms with Crippen molar-refractivity contribution in [1.29, 1.82) is 0 Å². The first-order valence-electron chi connectivity index (χ1n) is 8.38. The average Bonchev–Trinajstić information content (AvgIpc) is 3.10. The predicted molar refractivity (Wildman–Crippen MR) is 121 cm³/mol. The highest BCUT2D eigenvalue weighted by atomic mass is 127. The Morgan fingerprint density at radius 1 is 1.12 bits per heavy atom. The molecule has 8 heteroatoms. The van der Waals surface area contributed by atoms with E-state index in [4.69, 9.17) is 0 Å². The number of nitrogens with zero attached hydrogens (tertiary/aromatic N) is 1. The minimum absolute atomic E-state index is 0. The second-order valence-corrected chi connectivity index (χ2v) is 8.85. The molecule has 26 heavy (non-hydrogen) atoms. The Balaban J connectivity index is 0.00000338. The SMILES string of the molecule is CCNC(=NCc1cccs1)NCCCS(=O)(=O)Cc1ccccc1.I. The molecule has 0 radical (unpaired) electrons. The zero-order valence-electron chi connectivity index (χ0n) is 14.8. The predicted octanol–water partition coefficient (Wildman–Crippen LogP) is 3.43. The van der Waals surface area contributed by atoms with Crippen LogP contribution in [0.15, 0.2) is 52.8 Å². The van der Waals surface area contributed by atoms with Crippen molar-refractivity contribution < 1.29 is 8.42 Å². The first-order valence-corrected chi connectivity index (χ1v) is 11.1. The zero-order valence-corrected chi connectivity index (χ0v) is 18.8. The lowest BCUT2D eigenvalue weighted by atomic mass is 10.2. The molecule has 0 saturated carbocycles. The van der Waals surface area contributed by atoms with Crippen molar-refractivity contribution in [3.8, 4) is 0 Å². The van der Waals surface area contributed by atoms with E-state index in [1.807, 2.05) is 54.8 Å². The largest absolute Gasteiger partial charge is 0.357 e. The Hall–Kier alpha value is -1.13. The molecule has 0 fully saturated rings. The van der Waals surface area contributed by atoms with E-state index in [2.05, 4.69) is 15.6 Å². The van der Waals surface area contributed by atoms with Crippen LogP contribution >= 0.6 is 35.3 Å². The van der Waals surface area contributed by atoms with Gasteiger partial charge in [0.05, 0.1) is 18.1 Å². The summed E-state index contributed by atoms with van der Waals surface area (Å²) in [4.78, 5) is 5.71. The molecule has 5 nitrogen and oxygen atoms in total. The molecule has 0 aliphatic rings. The summed E-state index contributed by atoms with van der Waals surface area (Å²) < 4.78 is 24.4. The van der Waals surface area contributed by atoms with Gasteiger partial charge < -0.3 is 10.6 Å². The molecule has 0 unspecified atom stereocenters. The Bertz CT molecular complexity index is 748. The van der Waals surface area contributed by atoms with Crippen LogP contribution in [-0.2, 0) is 22.1 Å². The molecular weight excluding hydrogens is 481 g/mol. The van der Waals surface area contributed by atoms with Crippen molar-refractivity contribution in [3.63, 3.8) is 0 Å². The van der Waals surface area contributed by atoms with Crippen LogP contribution in [-0.4, -0.2) is 33.2 Å². The number of rotatable bonds is 9. The lowest BCUT2D eigenvalue weighted by Crippen LogP contribution is -2.38. The number of nitrogens with one attached hydrogen (secondary N) is 2. The molecule has 144 valence electrons. The van der Waals surface area contributed by atoms with Crippen LogP contribution in [0.25, 0.3) is 0 Å². The fourth-order valence-corrected chi connectivity index (χ4v) is 4.36. The van der Waals surface area contributed by atoms with E-state index < -0.39 is 9.84 Å². The maximum atomic E-state index is 12.2. The number of aliphatic imine (C=N–C) groups is 1. The third-order valence-corrected chi connectivity index (χ3v) is 6.02. The van der Waals surface area contributed by atoms with E-state index in [-0.39, 0.29) is 35.5 Å². The minimum atomic E-state index is -3.09. The molecule has 1 aromatic heterocycles. The minimum Gasteiger partial charge on any atom is -0.357 e. The standard InChI is InChI=1S/C18H25N3O2S2.HI/c1-2-19-18(21-14-17-10-6-12-24-17)20-11-7-13-25(22,23)15-16-8-4-3-5-9-16;/h3-6,8-10,12H,2,7,11,13-15H2,1H3,(H2,19,20,21);1H. The number of hydrogen-bond donors (Lipinski definition) is 2. The van der Waals surface area contributed by atoms with Crippen molar-refractivity contribution in [2.75, 3.05) is 18.8 Å². The zero-order chi connectivity index (χ0) is 18.0. The molecule has 1 aromatic carbocycles. The van der Waals surface area contributed by atoms with E-state index in [0.717, 1.165) is 18.1 Å². The van der Waals surface area contributed by atoms with Crippen LogP contribution in [0.2, 0.25) is 0 Å². The monoisotopic (exact) mass is 507 g/mol. The van der Waals surface area contributed by atoms with Gasteiger partial charge in [0, 0.05) is 18.0 Å². The van der Waals surface area contributed by atoms with Crippen LogP contribution in [0, 0.1) is 0 Å². The lowest BCUT2D eigenvalue weighted by molar-refractivity contribution is 0.591. The number of thiophene rings is 1. The second kappa shape index (κ2) is 12.3. The van der Waals surface area contributed by atoms with E-state index in [9.17, 15) is 8.42 Å². The van der Waals surface area contributed by atoms with Gasteiger partial charge in [-0.25, -0.2) is 13.4 Å². The van der Waals surface area contributed by atoms with Gasteiger partial charge in [-0.05, 0) is 30.4 Å². The van der Waals surface area contributed by atoms with Crippen molar-refractivity contribution in [3.05, 3.63) is 58.3 Å². The molecule has 0 atom stereocenters. The van der Waals surface area contributed by atoms with Gasteiger partial charge in [0.2, 0.25) is 0 Å². The lowest BCUT2D eigenvalue weighted by Gasteiger charge is -2.11. The van der Waals surface area contributed by atoms with Crippen LogP contribution in [0.5, 0.6) is 0 Å². The number of halogens is 1. The van der Waals surface area contributed by atoms with E-state index >= 15 is 0 Å². The quantitative estimate of drug-likeness (QED) is 0.236. The molecule has 0 amide bonds. The molecule has 0 spiro atoms. The smallest absolute Gasteiger partial charge is 0.191 e. The Morgan fingerprint density at radius 3 is 2.54 bits per heavy atom. The van der Waals surface area contributed by atoms with Crippen molar-refractivity contribution >= 4 is 51.1 Å². The molecule has 0 bridgehead atoms. The second-order valence-electron chi connectivity index (χ2n) is 5.63. The number of sulfone groups is 1. The summed E-state index contributed by atoms with van der Waals surface area (Å²) in [5, 5.41) is 8.41. The fourth-order valence-electron chi connectivity index (χ4n) is 2.30. The molecule has 2 rings (SSSR count). The van der Waals surface area contributed by atoms with Crippen LogP contribution in [0.3, 0.4) is 0 Å². The fraction of sp³-hybridized carbons (Fsp3) is 0.389. The Kier molecular flexibility index (Phi) is 10.8. The molecule has 2 aromatic rings. The summed E-state index contributed by atoms with van der Waals surface area (Å²) in [6.45, 7) is 3.97. The number of benzene rings is 1. The molecular formula is C18H26IN3O2S2. The summed E-state index contributed by atoms with van der Waals surface area (Å²) in [5.41, 5.74) is 0.835. The maximum Gasteiger partial charge on any atom is 0.191 e. The highest BCUT2D eigenvalue weighted by molar-refractivity contribution is 14.0. The van der Waals surface area contributed by atoms with Crippen molar-refractivity contribution in [1.82, 2.24) is 10.6 Å². The van der Waals surface area contributed by atoms with E-state index in [0.29, 0.717) is 19.5 Å². The molecule has 1 heterocycles. The molecule has 0 aliphatic carbocycles. The van der Waals surface area contributed by atoms with Crippen LogP contribution < -0.4 is 10.6 Å². The first-order chi connectivity index (χ1) is 12.1. The van der Waals surface area contributed by atoms with E-state index in [1.54, 1.807) is 11.3 Å². The normalized spacial score (nSPS) is 11.7. The summed E-state index contributed by atoms with van der Waals surface area (Å²) in [6, 6.07) is 13.4. The summed E-state index contributed by atoms with van der Waals surface area (Å²) in [6.07, 6.45) is 0.554. The van der Waals surface area contributed by atoms with E-state index in [1.165, 1.54) is 4.88 Å². The highest BCUT2D eigenvalue weighted by Crippen LogP contribution is 2.09. The number of hydrogen-bond acceptors (Lipinski definition) is 4. The van der Waals surface area contributed by atoms with Gasteiger partial charge in [0.25, 0.3) is 0 Å². The van der Waals surface area contributed by atoms with Gasteiger partial charge in [0.15, 0.2) is 15.8 Å². The van der Waals surface area contributed by atoms with Gasteiger partial charge >= 0.3 is 0 Å². The van der Waals surface area contributed by atoms with Gasteiger partial charge in [0.1, 0.15) is 0 Å². The molecule has 0 aliphatic heterocycles. The molecule has 2 N–H and O–H groups in total. The number of guanidine groups is 1. The average molecular weight is 507 g/mol. The third-order valence-electron chi connectivity index (χ3n) is 3.47. The Morgan fingerprint density at radius 2 is 1.88 bits per heavy atom. The van der Waals surface area contributed by atoms with Crippen molar-refractivity contribution in [2.24, 2.45) is 4.99 Å². The van der Waals surface area contributed by atoms with Gasteiger partial charge in [-0.15, -0.1) is 35.3 Å². The van der Waals surface area contributed by atoms with Crippen molar-refractivity contribution in [2.45, 2.75) is 25.6 Å². The van der Waals surface area contributed by atoms with Crippen LogP contribution in [0.1, 0.15) is 23.8 Å². The first kappa shape index (κ1) is 22.9.